The molecule has 0 radical (unpaired) electrons. The Balaban J connectivity index is 2.59. The Morgan fingerprint density at radius 2 is 2.13 bits per heavy atom. The lowest BCUT2D eigenvalue weighted by molar-refractivity contribution is -0.668. The minimum Gasteiger partial charge on any atom is -0.458 e. The van der Waals surface area contributed by atoms with Crippen LogP contribution < -0.4 is 5.32 Å². The number of alkyl halides is 1. The molecule has 0 aromatic carbocycles. The molecule has 1 aliphatic rings. The summed E-state index contributed by atoms with van der Waals surface area (Å²) in [6, 6.07) is 0. The Morgan fingerprint density at radius 3 is 2.60 bits per heavy atom. The van der Waals surface area contributed by atoms with Crippen molar-refractivity contribution in [2.24, 2.45) is 0 Å². The van der Waals surface area contributed by atoms with E-state index in [-0.39, 0.29) is 15.5 Å². The highest BCUT2D eigenvalue weighted by Crippen LogP contribution is 2.28. The molecule has 2 N–H and O–H groups in total. The third-order valence-electron chi connectivity index (χ3n) is 2.96. The van der Waals surface area contributed by atoms with Crippen LogP contribution in [0.1, 0.15) is 39.5 Å². The predicted molar refractivity (Wildman–Crippen MR) is 68.1 cm³/mol. The van der Waals surface area contributed by atoms with E-state index in [1.54, 1.807) is 0 Å². The largest absolute Gasteiger partial charge is 0.458 e. The van der Waals surface area contributed by atoms with Crippen LogP contribution in [0.5, 0.6) is 0 Å². The zero-order valence-electron chi connectivity index (χ0n) is 9.59. The Hall–Kier alpha value is 0.160. The summed E-state index contributed by atoms with van der Waals surface area (Å²) in [5.74, 6) is -0.0500. The molecule has 0 aromatic rings. The number of hydrogen-bond acceptors (Lipinski definition) is 2. The summed E-state index contributed by atoms with van der Waals surface area (Å²) < 4.78 is 5.67. The highest BCUT2D eigenvalue weighted by molar-refractivity contribution is 14.1. The molecule has 0 saturated carbocycles. The molecule has 1 aliphatic heterocycles. The Morgan fingerprint density at radius 1 is 1.53 bits per heavy atom. The van der Waals surface area contributed by atoms with Crippen LogP contribution in [0.3, 0.4) is 0 Å². The quantitative estimate of drug-likeness (QED) is 0.480. The van der Waals surface area contributed by atoms with Gasteiger partial charge in [-0.1, -0.05) is 35.9 Å². The van der Waals surface area contributed by atoms with Crippen molar-refractivity contribution in [1.82, 2.24) is 0 Å². The van der Waals surface area contributed by atoms with Gasteiger partial charge in [-0.2, -0.15) is 0 Å². The standard InChI is InChI=1S/C11H20INO2/c1-3-4-11(5-7-13-8-6-11)15-10(14)9(2)12/h9,13H,3-8H2,1-2H3/p+1. The lowest BCUT2D eigenvalue weighted by atomic mass is 9.87. The van der Waals surface area contributed by atoms with Crippen LogP contribution in [0.15, 0.2) is 0 Å². The van der Waals surface area contributed by atoms with Gasteiger partial charge in [0.2, 0.25) is 0 Å². The van der Waals surface area contributed by atoms with Crippen LogP contribution in [-0.4, -0.2) is 28.6 Å². The summed E-state index contributed by atoms with van der Waals surface area (Å²) in [7, 11) is 0. The van der Waals surface area contributed by atoms with Crippen molar-refractivity contribution in [3.05, 3.63) is 0 Å². The first kappa shape index (κ1) is 13.2. The van der Waals surface area contributed by atoms with Crippen molar-refractivity contribution in [2.75, 3.05) is 13.1 Å². The molecule has 1 fully saturated rings. The van der Waals surface area contributed by atoms with Crippen LogP contribution in [-0.2, 0) is 9.53 Å². The van der Waals surface area contributed by atoms with Crippen molar-refractivity contribution in [3.63, 3.8) is 0 Å². The van der Waals surface area contributed by atoms with Crippen LogP contribution in [0.2, 0.25) is 0 Å². The highest BCUT2D eigenvalue weighted by Gasteiger charge is 2.37. The highest BCUT2D eigenvalue weighted by atomic mass is 127. The molecule has 1 saturated heterocycles. The zero-order valence-corrected chi connectivity index (χ0v) is 11.7. The Labute approximate surface area is 105 Å². The van der Waals surface area contributed by atoms with Crippen molar-refractivity contribution >= 4 is 28.6 Å². The fourth-order valence-electron chi connectivity index (χ4n) is 2.15. The molecule has 0 bridgehead atoms. The average Bonchev–Trinajstić information content (AvgIpc) is 2.19. The summed E-state index contributed by atoms with van der Waals surface area (Å²) in [6.07, 6.45) is 4.12. The second-order valence-corrected chi connectivity index (χ2v) is 6.20. The van der Waals surface area contributed by atoms with Crippen molar-refractivity contribution in [1.29, 1.82) is 0 Å². The molecular weight excluding hydrogens is 305 g/mol. The lowest BCUT2D eigenvalue weighted by Gasteiger charge is -2.35. The van der Waals surface area contributed by atoms with Crippen LogP contribution in [0.4, 0.5) is 0 Å². The van der Waals surface area contributed by atoms with E-state index in [0.717, 1.165) is 38.8 Å². The van der Waals surface area contributed by atoms with E-state index in [4.69, 9.17) is 4.74 Å². The number of rotatable bonds is 4. The number of halogens is 1. The molecule has 4 heteroatoms. The summed E-state index contributed by atoms with van der Waals surface area (Å²) in [4.78, 5) is 11.7. The number of carbonyl (C=O) groups is 1. The van der Waals surface area contributed by atoms with E-state index in [2.05, 4.69) is 34.8 Å². The lowest BCUT2D eigenvalue weighted by Crippen LogP contribution is -2.88. The Bertz CT molecular complexity index is 207. The minimum atomic E-state index is -0.153. The predicted octanol–water partition coefficient (Wildman–Crippen LogP) is 1.25. The molecule has 0 spiro atoms. The first-order chi connectivity index (χ1) is 7.09. The van der Waals surface area contributed by atoms with Gasteiger partial charge in [-0.05, 0) is 13.3 Å². The first-order valence-corrected chi connectivity index (χ1v) is 7.03. The second-order valence-electron chi connectivity index (χ2n) is 4.34. The normalized spacial score (nSPS) is 22.1. The number of carbonyl (C=O) groups excluding carboxylic acids is 1. The molecule has 1 rings (SSSR count). The number of ether oxygens (including phenoxy) is 1. The summed E-state index contributed by atoms with van der Waals surface area (Å²) >= 11 is 2.12. The van der Waals surface area contributed by atoms with Gasteiger partial charge in [0.1, 0.15) is 9.53 Å². The second kappa shape index (κ2) is 6.03. The van der Waals surface area contributed by atoms with Crippen molar-refractivity contribution < 1.29 is 14.8 Å². The molecular formula is C11H21INO2+. The van der Waals surface area contributed by atoms with Crippen LogP contribution >= 0.6 is 22.6 Å². The number of piperidine rings is 1. The van der Waals surface area contributed by atoms with Gasteiger partial charge in [0.25, 0.3) is 0 Å². The van der Waals surface area contributed by atoms with Crippen LogP contribution in [0.25, 0.3) is 0 Å². The SMILES string of the molecule is CCCC1(OC(=O)C(C)I)CC[NH2+]CC1. The summed E-state index contributed by atoms with van der Waals surface area (Å²) in [6.45, 7) is 6.21. The zero-order chi connectivity index (χ0) is 11.3. The monoisotopic (exact) mass is 326 g/mol. The number of hydrogen-bond donors (Lipinski definition) is 1. The van der Waals surface area contributed by atoms with E-state index in [0.29, 0.717) is 0 Å². The van der Waals surface area contributed by atoms with Crippen molar-refractivity contribution in [3.8, 4) is 0 Å². The molecule has 0 amide bonds. The van der Waals surface area contributed by atoms with Gasteiger partial charge < -0.3 is 10.1 Å². The minimum absolute atomic E-state index is 0.0396. The number of quaternary nitrogens is 1. The van der Waals surface area contributed by atoms with E-state index < -0.39 is 0 Å². The molecule has 0 aromatic heterocycles. The maximum absolute atomic E-state index is 11.7. The molecule has 1 unspecified atom stereocenters. The van der Waals surface area contributed by atoms with Gasteiger partial charge in [-0.25, -0.2) is 0 Å². The molecule has 0 aliphatic carbocycles. The van der Waals surface area contributed by atoms with Gasteiger partial charge in [0, 0.05) is 12.8 Å². The maximum Gasteiger partial charge on any atom is 0.319 e. The molecule has 88 valence electrons. The molecule has 3 nitrogen and oxygen atoms in total. The molecule has 1 atom stereocenters. The fraction of sp³-hybridized carbons (Fsp3) is 0.909. The summed E-state index contributed by atoms with van der Waals surface area (Å²) in [5, 5.41) is 2.30. The first-order valence-electron chi connectivity index (χ1n) is 5.78. The third-order valence-corrected chi connectivity index (χ3v) is 3.46. The Kier molecular flexibility index (Phi) is 5.32. The maximum atomic E-state index is 11.7. The van der Waals surface area contributed by atoms with Gasteiger partial charge >= 0.3 is 5.97 Å². The van der Waals surface area contributed by atoms with Gasteiger partial charge in [-0.15, -0.1) is 0 Å². The number of esters is 1. The topological polar surface area (TPSA) is 42.9 Å². The average molecular weight is 326 g/mol. The van der Waals surface area contributed by atoms with Crippen molar-refractivity contribution in [2.45, 2.75) is 49.1 Å². The van der Waals surface area contributed by atoms with Crippen LogP contribution in [0, 0.1) is 0 Å². The third kappa shape index (κ3) is 3.90. The molecule has 1 heterocycles. The van der Waals surface area contributed by atoms with Gasteiger partial charge in [0.05, 0.1) is 13.1 Å². The van der Waals surface area contributed by atoms with Gasteiger partial charge in [-0.3, -0.25) is 4.79 Å². The van der Waals surface area contributed by atoms with E-state index in [1.807, 2.05) is 6.92 Å². The fourth-order valence-corrected chi connectivity index (χ4v) is 2.28. The van der Waals surface area contributed by atoms with E-state index >= 15 is 0 Å². The van der Waals surface area contributed by atoms with E-state index in [1.165, 1.54) is 0 Å². The summed E-state index contributed by atoms with van der Waals surface area (Å²) in [5.41, 5.74) is -0.153. The molecule has 15 heavy (non-hydrogen) atoms. The van der Waals surface area contributed by atoms with E-state index in [9.17, 15) is 4.79 Å². The smallest absolute Gasteiger partial charge is 0.319 e. The number of nitrogens with two attached hydrogens (primary N) is 1. The van der Waals surface area contributed by atoms with Gasteiger partial charge in [0.15, 0.2) is 0 Å².